The molecule has 2 rings (SSSR count). The molecule has 0 aliphatic carbocycles. The summed E-state index contributed by atoms with van der Waals surface area (Å²) in [6, 6.07) is 6.90. The van der Waals surface area contributed by atoms with Gasteiger partial charge in [-0.3, -0.25) is 4.79 Å². The number of rotatable bonds is 2. The lowest BCUT2D eigenvalue weighted by Crippen LogP contribution is -2.10. The van der Waals surface area contributed by atoms with E-state index in [0.29, 0.717) is 20.6 Å². The molecule has 1 aromatic heterocycles. The van der Waals surface area contributed by atoms with E-state index in [0.717, 1.165) is 9.35 Å². The third kappa shape index (κ3) is 2.88. The minimum atomic E-state index is -0.219. The van der Waals surface area contributed by atoms with E-state index in [9.17, 15) is 4.79 Å². The van der Waals surface area contributed by atoms with Crippen molar-refractivity contribution in [3.8, 4) is 0 Å². The van der Waals surface area contributed by atoms with Gasteiger partial charge in [0.1, 0.15) is 0 Å². The van der Waals surface area contributed by atoms with E-state index >= 15 is 0 Å². The minimum absolute atomic E-state index is 0.219. The normalized spacial score (nSPS) is 10.4. The van der Waals surface area contributed by atoms with E-state index < -0.39 is 0 Å². The molecule has 0 saturated heterocycles. The van der Waals surface area contributed by atoms with Crippen LogP contribution in [0.15, 0.2) is 28.1 Å². The Morgan fingerprint density at radius 2 is 1.94 bits per heavy atom. The van der Waals surface area contributed by atoms with Gasteiger partial charge in [0.15, 0.2) is 0 Å². The van der Waals surface area contributed by atoms with Gasteiger partial charge in [-0.25, -0.2) is 0 Å². The monoisotopic (exact) mass is 363 g/mol. The summed E-state index contributed by atoms with van der Waals surface area (Å²) in [6.07, 6.45) is 0. The highest BCUT2D eigenvalue weighted by atomic mass is 79.9. The van der Waals surface area contributed by atoms with Crippen LogP contribution in [0.25, 0.3) is 0 Å². The summed E-state index contributed by atoms with van der Waals surface area (Å²) in [5.41, 5.74) is 1.46. The quantitative estimate of drug-likeness (QED) is 0.761. The maximum absolute atomic E-state index is 12.0. The number of halogens is 3. The van der Waals surface area contributed by atoms with Crippen LogP contribution >= 0.6 is 50.5 Å². The summed E-state index contributed by atoms with van der Waals surface area (Å²) in [6.45, 7) is 1.93. The zero-order valence-corrected chi connectivity index (χ0v) is 13.2. The van der Waals surface area contributed by atoms with E-state index in [1.165, 1.54) is 11.3 Å². The van der Waals surface area contributed by atoms with Gasteiger partial charge in [-0.05, 0) is 46.6 Å². The molecule has 1 N–H and O–H groups in total. The van der Waals surface area contributed by atoms with Crippen LogP contribution in [-0.4, -0.2) is 5.91 Å². The zero-order valence-electron chi connectivity index (χ0n) is 9.26. The van der Waals surface area contributed by atoms with E-state index in [1.807, 2.05) is 13.0 Å². The van der Waals surface area contributed by atoms with Crippen LogP contribution in [0.5, 0.6) is 0 Å². The highest BCUT2D eigenvalue weighted by molar-refractivity contribution is 9.11. The molecular weight excluding hydrogens is 357 g/mol. The fraction of sp³-hybridized carbons (Fsp3) is 0.0833. The molecule has 0 unspecified atom stereocenters. The Labute approximate surface area is 127 Å². The van der Waals surface area contributed by atoms with Crippen LogP contribution in [0.4, 0.5) is 5.69 Å². The fourth-order valence-electron chi connectivity index (χ4n) is 1.36. The number of thiophene rings is 1. The molecule has 0 aliphatic rings. The molecule has 18 heavy (non-hydrogen) atoms. The Morgan fingerprint density at radius 3 is 2.44 bits per heavy atom. The lowest BCUT2D eigenvalue weighted by Gasteiger charge is -2.07. The van der Waals surface area contributed by atoms with Crippen LogP contribution in [0, 0.1) is 6.92 Å². The van der Waals surface area contributed by atoms with E-state index in [-0.39, 0.29) is 5.91 Å². The molecule has 6 heteroatoms. The molecule has 0 bridgehead atoms. The molecule has 2 aromatic rings. The first-order valence-electron chi connectivity index (χ1n) is 5.00. The average Bonchev–Trinajstić information content (AvgIpc) is 2.64. The summed E-state index contributed by atoms with van der Waals surface area (Å²) >= 11 is 16.7. The summed E-state index contributed by atoms with van der Waals surface area (Å²) in [4.78, 5) is 12.7. The molecule has 1 heterocycles. The van der Waals surface area contributed by atoms with Gasteiger partial charge in [0.2, 0.25) is 0 Å². The van der Waals surface area contributed by atoms with E-state index in [4.69, 9.17) is 23.2 Å². The van der Waals surface area contributed by atoms with Gasteiger partial charge < -0.3 is 5.32 Å². The molecule has 1 aromatic carbocycles. The number of hydrogen-bond donors (Lipinski definition) is 1. The van der Waals surface area contributed by atoms with Crippen LogP contribution in [0.2, 0.25) is 10.0 Å². The Bertz CT molecular complexity index is 572. The molecule has 2 nitrogen and oxygen atoms in total. The van der Waals surface area contributed by atoms with Gasteiger partial charge in [0.05, 0.1) is 24.4 Å². The smallest absolute Gasteiger partial charge is 0.265 e. The Kier molecular flexibility index (Phi) is 4.33. The Balaban J connectivity index is 2.27. The average molecular weight is 365 g/mol. The number of nitrogens with one attached hydrogen (secondary N) is 1. The van der Waals surface area contributed by atoms with Gasteiger partial charge in [-0.15, -0.1) is 11.3 Å². The Morgan fingerprint density at radius 1 is 1.33 bits per heavy atom. The maximum atomic E-state index is 12.0. The van der Waals surface area contributed by atoms with E-state index in [1.54, 1.807) is 18.2 Å². The summed E-state index contributed by atoms with van der Waals surface area (Å²) < 4.78 is 0.943. The van der Waals surface area contributed by atoms with Crippen LogP contribution in [-0.2, 0) is 0 Å². The molecule has 1 amide bonds. The zero-order chi connectivity index (χ0) is 13.3. The lowest BCUT2D eigenvalue weighted by molar-refractivity contribution is 0.103. The topological polar surface area (TPSA) is 29.1 Å². The first-order valence-corrected chi connectivity index (χ1v) is 7.37. The second-order valence-corrected chi connectivity index (χ2v) is 6.80. The fourth-order valence-corrected chi connectivity index (χ4v) is 3.29. The van der Waals surface area contributed by atoms with Crippen molar-refractivity contribution in [3.63, 3.8) is 0 Å². The summed E-state index contributed by atoms with van der Waals surface area (Å²) in [7, 11) is 0. The molecule has 0 atom stereocenters. The number of benzene rings is 1. The van der Waals surface area contributed by atoms with Gasteiger partial charge in [0.25, 0.3) is 5.91 Å². The number of hydrogen-bond acceptors (Lipinski definition) is 2. The first-order chi connectivity index (χ1) is 8.49. The van der Waals surface area contributed by atoms with Gasteiger partial charge >= 0.3 is 0 Å². The lowest BCUT2D eigenvalue weighted by atomic mass is 10.3. The standard InChI is InChI=1S/C12H8BrCl2NOS/c1-6-5-9(18-11(6)13)12(17)16-10-7(14)3-2-4-8(10)15/h2-5H,1H3,(H,16,17). The predicted octanol–water partition coefficient (Wildman–Crippen LogP) is 5.38. The third-order valence-corrected chi connectivity index (χ3v) is 5.05. The number of aryl methyl sites for hydroxylation is 1. The van der Waals surface area contributed by atoms with Gasteiger partial charge in [-0.1, -0.05) is 29.3 Å². The maximum Gasteiger partial charge on any atom is 0.265 e. The summed E-state index contributed by atoms with van der Waals surface area (Å²) in [5.74, 6) is -0.219. The molecule has 0 radical (unpaired) electrons. The molecule has 0 fully saturated rings. The van der Waals surface area contributed by atoms with Crippen LogP contribution in [0.1, 0.15) is 15.2 Å². The van der Waals surface area contributed by atoms with Crippen molar-refractivity contribution in [1.29, 1.82) is 0 Å². The van der Waals surface area contributed by atoms with Crippen molar-refractivity contribution in [3.05, 3.63) is 48.5 Å². The largest absolute Gasteiger partial charge is 0.319 e. The minimum Gasteiger partial charge on any atom is -0.319 e. The Hall–Kier alpha value is -0.550. The number of carbonyl (C=O) groups is 1. The highest BCUT2D eigenvalue weighted by Gasteiger charge is 2.14. The molecular formula is C12H8BrCl2NOS. The number of para-hydroxylation sites is 1. The van der Waals surface area contributed by atoms with E-state index in [2.05, 4.69) is 21.2 Å². The number of amides is 1. The second kappa shape index (κ2) is 5.61. The van der Waals surface area contributed by atoms with Crippen molar-refractivity contribution in [1.82, 2.24) is 0 Å². The van der Waals surface area contributed by atoms with Gasteiger partial charge in [0, 0.05) is 0 Å². The number of anilines is 1. The van der Waals surface area contributed by atoms with Crippen molar-refractivity contribution in [2.75, 3.05) is 5.32 Å². The van der Waals surface area contributed by atoms with Crippen molar-refractivity contribution in [2.24, 2.45) is 0 Å². The third-order valence-electron chi connectivity index (χ3n) is 2.28. The first kappa shape index (κ1) is 13.9. The van der Waals surface area contributed by atoms with Crippen LogP contribution < -0.4 is 5.32 Å². The van der Waals surface area contributed by atoms with Crippen molar-refractivity contribution < 1.29 is 4.79 Å². The summed E-state index contributed by atoms with van der Waals surface area (Å²) in [5, 5.41) is 3.56. The number of carbonyl (C=O) groups excluding carboxylic acids is 1. The van der Waals surface area contributed by atoms with Crippen molar-refractivity contribution >= 4 is 62.1 Å². The molecule has 0 saturated carbocycles. The second-order valence-electron chi connectivity index (χ2n) is 3.62. The highest BCUT2D eigenvalue weighted by Crippen LogP contribution is 2.32. The predicted molar refractivity (Wildman–Crippen MR) is 81.2 cm³/mol. The van der Waals surface area contributed by atoms with Crippen LogP contribution in [0.3, 0.4) is 0 Å². The molecule has 94 valence electrons. The molecule has 0 aliphatic heterocycles. The SMILES string of the molecule is Cc1cc(C(=O)Nc2c(Cl)cccc2Cl)sc1Br. The van der Waals surface area contributed by atoms with Gasteiger partial charge in [-0.2, -0.15) is 0 Å². The molecule has 0 spiro atoms. The van der Waals surface area contributed by atoms with Crippen molar-refractivity contribution in [2.45, 2.75) is 6.92 Å².